The normalized spacial score (nSPS) is 14.1. The summed E-state index contributed by atoms with van der Waals surface area (Å²) in [4.78, 5) is 0. The van der Waals surface area contributed by atoms with E-state index >= 15 is 0 Å². The van der Waals surface area contributed by atoms with E-state index in [0.29, 0.717) is 0 Å². The van der Waals surface area contributed by atoms with Gasteiger partial charge in [0.15, 0.2) is 0 Å². The van der Waals surface area contributed by atoms with Crippen molar-refractivity contribution in [3.05, 3.63) is 10.2 Å². The third-order valence-corrected chi connectivity index (χ3v) is 2.69. The lowest BCUT2D eigenvalue weighted by molar-refractivity contribution is 0.165. The molecule has 0 rings (SSSR count). The van der Waals surface area contributed by atoms with Crippen LogP contribution in [0.5, 0.6) is 0 Å². The molecule has 0 radical (unpaired) electrons. The molecule has 0 heterocycles. The maximum absolute atomic E-state index is 9.35. The van der Waals surface area contributed by atoms with Gasteiger partial charge in [0, 0.05) is 0 Å². The van der Waals surface area contributed by atoms with Crippen molar-refractivity contribution in [2.75, 3.05) is 4.43 Å². The molecule has 0 aromatic carbocycles. The molecule has 3 heteroatoms. The average Bonchev–Trinajstić information content (AvgIpc) is 2.01. The highest BCUT2D eigenvalue weighted by atomic mass is 127. The summed E-state index contributed by atoms with van der Waals surface area (Å²) in [6, 6.07) is 0. The Bertz CT molecular complexity index is 104. The second-order valence-corrected chi connectivity index (χ2v) is 4.23. The van der Waals surface area contributed by atoms with Gasteiger partial charge in [0.1, 0.15) is 0 Å². The Labute approximate surface area is 95.9 Å². The summed E-state index contributed by atoms with van der Waals surface area (Å²) in [7, 11) is 0. The molecule has 0 fully saturated rings. The van der Waals surface area contributed by atoms with Gasteiger partial charge in [-0.1, -0.05) is 57.7 Å². The molecule has 11 heavy (non-hydrogen) atoms. The van der Waals surface area contributed by atoms with E-state index in [1.807, 2.05) is 10.2 Å². The Balaban J connectivity index is 3.15. The van der Waals surface area contributed by atoms with E-state index in [9.17, 15) is 5.11 Å². The van der Waals surface area contributed by atoms with Gasteiger partial charge >= 0.3 is 0 Å². The molecule has 0 aromatic rings. The summed E-state index contributed by atoms with van der Waals surface area (Å²) in [6.45, 7) is 0. The Kier molecular flexibility index (Phi) is 10.2. The van der Waals surface area contributed by atoms with E-state index < -0.39 is 0 Å². The summed E-state index contributed by atoms with van der Waals surface area (Å²) < 4.78 is 3.16. The van der Waals surface area contributed by atoms with Gasteiger partial charge in [-0.3, -0.25) is 0 Å². The number of aliphatic hydroxyl groups excluding tert-OH is 1. The summed E-state index contributed by atoms with van der Waals surface area (Å²) in [5.41, 5.74) is 0. The van der Waals surface area contributed by atoms with Crippen LogP contribution in [0.1, 0.15) is 25.7 Å². The van der Waals surface area contributed by atoms with Crippen LogP contribution in [0, 0.1) is 0 Å². The highest BCUT2D eigenvalue weighted by Gasteiger charge is 1.99. The lowest BCUT2D eigenvalue weighted by Crippen LogP contribution is -2.04. The van der Waals surface area contributed by atoms with Gasteiger partial charge in [-0.15, -0.1) is 0 Å². The number of hydrogen-bond acceptors (Lipinski definition) is 1. The lowest BCUT2D eigenvalue weighted by Gasteiger charge is -2.05. The number of halogens is 2. The quantitative estimate of drug-likeness (QED) is 0.426. The molecule has 66 valence electrons. The van der Waals surface area contributed by atoms with Gasteiger partial charge in [0.2, 0.25) is 0 Å². The number of alkyl halides is 1. The van der Waals surface area contributed by atoms with Gasteiger partial charge < -0.3 is 5.11 Å². The minimum absolute atomic E-state index is 0.121. The van der Waals surface area contributed by atoms with Gasteiger partial charge in [-0.05, 0) is 27.8 Å². The van der Waals surface area contributed by atoms with Crippen molar-refractivity contribution in [3.8, 4) is 0 Å². The van der Waals surface area contributed by atoms with Crippen LogP contribution in [0.25, 0.3) is 0 Å². The molecule has 1 nitrogen and oxygen atoms in total. The van der Waals surface area contributed by atoms with E-state index in [1.165, 1.54) is 10.8 Å². The fraction of sp³-hybridized carbons (Fsp3) is 0.750. The summed E-state index contributed by atoms with van der Waals surface area (Å²) in [6.07, 6.45) is 6.03. The third-order valence-electron chi connectivity index (χ3n) is 1.42. The van der Waals surface area contributed by atoms with Crippen LogP contribution in [0.15, 0.2) is 10.2 Å². The molecule has 1 N–H and O–H groups in total. The van der Waals surface area contributed by atoms with Crippen LogP contribution < -0.4 is 0 Å². The molecule has 0 bridgehead atoms. The maximum Gasteiger partial charge on any atom is 0.0574 e. The predicted octanol–water partition coefficient (Wildman–Crippen LogP) is 3.29. The topological polar surface area (TPSA) is 20.2 Å². The summed E-state index contributed by atoms with van der Waals surface area (Å²) in [5.74, 6) is 0. The van der Waals surface area contributed by atoms with Crippen LogP contribution in [-0.4, -0.2) is 15.6 Å². The van der Waals surface area contributed by atoms with Crippen LogP contribution in [0.2, 0.25) is 0 Å². The maximum atomic E-state index is 9.35. The van der Waals surface area contributed by atoms with Gasteiger partial charge in [-0.25, -0.2) is 0 Å². The molecule has 0 saturated carbocycles. The van der Waals surface area contributed by atoms with E-state index in [1.54, 1.807) is 0 Å². The molecule has 0 aliphatic rings. The number of hydrogen-bond donors (Lipinski definition) is 1. The smallest absolute Gasteiger partial charge is 0.0574 e. The molecular formula is C8H14I2O. The van der Waals surface area contributed by atoms with Crippen LogP contribution in [0.3, 0.4) is 0 Å². The standard InChI is InChI=1S/C8H14I2O/c9-6-2-1-4-8(11)5-3-7-10/h3,7-8,11H,1-2,4-6H2. The van der Waals surface area contributed by atoms with Crippen molar-refractivity contribution in [1.29, 1.82) is 0 Å². The zero-order chi connectivity index (χ0) is 8.53. The predicted molar refractivity (Wildman–Crippen MR) is 66.5 cm³/mol. The second-order valence-electron chi connectivity index (χ2n) is 2.44. The third kappa shape index (κ3) is 9.07. The number of aliphatic hydroxyl groups is 1. The monoisotopic (exact) mass is 380 g/mol. The first-order valence-electron chi connectivity index (χ1n) is 3.80. The SMILES string of the molecule is OC(CC=CI)CCCCI. The Hall–Kier alpha value is 1.16. The van der Waals surface area contributed by atoms with E-state index in [0.717, 1.165) is 19.3 Å². The van der Waals surface area contributed by atoms with Crippen molar-refractivity contribution in [2.45, 2.75) is 31.8 Å². The van der Waals surface area contributed by atoms with Crippen LogP contribution in [-0.2, 0) is 0 Å². The lowest BCUT2D eigenvalue weighted by atomic mass is 10.1. The van der Waals surface area contributed by atoms with E-state index in [4.69, 9.17) is 0 Å². The first-order valence-corrected chi connectivity index (χ1v) is 6.57. The Morgan fingerprint density at radius 1 is 1.36 bits per heavy atom. The second kappa shape index (κ2) is 9.25. The molecule has 0 saturated heterocycles. The molecule has 0 aliphatic carbocycles. The highest BCUT2D eigenvalue weighted by Crippen LogP contribution is 2.06. The number of unbranched alkanes of at least 4 members (excludes halogenated alkanes) is 1. The average molecular weight is 380 g/mol. The molecule has 1 unspecified atom stereocenters. The molecular weight excluding hydrogens is 366 g/mol. The zero-order valence-electron chi connectivity index (χ0n) is 6.47. The first kappa shape index (κ1) is 12.2. The highest BCUT2D eigenvalue weighted by molar-refractivity contribution is 14.1. The molecule has 0 amide bonds. The summed E-state index contributed by atoms with van der Waals surface area (Å²) in [5, 5.41) is 9.35. The first-order chi connectivity index (χ1) is 5.31. The summed E-state index contributed by atoms with van der Waals surface area (Å²) >= 11 is 4.54. The minimum atomic E-state index is -0.121. The number of rotatable bonds is 6. The van der Waals surface area contributed by atoms with Crippen LogP contribution in [0.4, 0.5) is 0 Å². The molecule has 1 atom stereocenters. The zero-order valence-corrected chi connectivity index (χ0v) is 10.8. The molecule has 0 spiro atoms. The van der Waals surface area contributed by atoms with E-state index in [2.05, 4.69) is 45.2 Å². The van der Waals surface area contributed by atoms with Gasteiger partial charge in [-0.2, -0.15) is 0 Å². The Morgan fingerprint density at radius 2 is 2.09 bits per heavy atom. The van der Waals surface area contributed by atoms with Crippen LogP contribution >= 0.6 is 45.2 Å². The van der Waals surface area contributed by atoms with Crippen molar-refractivity contribution in [1.82, 2.24) is 0 Å². The van der Waals surface area contributed by atoms with Crippen molar-refractivity contribution in [2.24, 2.45) is 0 Å². The molecule has 0 aromatic heterocycles. The van der Waals surface area contributed by atoms with Crippen molar-refractivity contribution >= 4 is 45.2 Å². The van der Waals surface area contributed by atoms with Gasteiger partial charge in [0.05, 0.1) is 6.10 Å². The van der Waals surface area contributed by atoms with Gasteiger partial charge in [0.25, 0.3) is 0 Å². The minimum Gasteiger partial charge on any atom is -0.393 e. The van der Waals surface area contributed by atoms with E-state index in [-0.39, 0.29) is 6.10 Å². The Morgan fingerprint density at radius 3 is 2.64 bits per heavy atom. The van der Waals surface area contributed by atoms with Crippen molar-refractivity contribution < 1.29 is 5.11 Å². The molecule has 0 aliphatic heterocycles. The fourth-order valence-corrected chi connectivity index (χ4v) is 1.63. The van der Waals surface area contributed by atoms with Crippen molar-refractivity contribution in [3.63, 3.8) is 0 Å². The fourth-order valence-electron chi connectivity index (χ4n) is 0.801. The largest absolute Gasteiger partial charge is 0.393 e.